The zero-order chi connectivity index (χ0) is 9.97. The average Bonchev–Trinajstić information content (AvgIpc) is 2.65. The van der Waals surface area contributed by atoms with Gasteiger partial charge in [0.2, 0.25) is 0 Å². The molecule has 1 aromatic heterocycles. The highest BCUT2D eigenvalue weighted by atomic mass is 35.5. The van der Waals surface area contributed by atoms with E-state index in [4.69, 9.17) is 16.3 Å². The molecule has 2 heterocycles. The van der Waals surface area contributed by atoms with Crippen LogP contribution in [0.5, 0.6) is 0 Å². The van der Waals surface area contributed by atoms with E-state index in [2.05, 4.69) is 0 Å². The molecule has 0 amide bonds. The molecule has 1 fully saturated rings. The summed E-state index contributed by atoms with van der Waals surface area (Å²) >= 11 is 7.32. The predicted molar refractivity (Wildman–Crippen MR) is 57.2 cm³/mol. The number of carbonyl (C=O) groups is 1. The van der Waals surface area contributed by atoms with E-state index >= 15 is 0 Å². The molecule has 0 bridgehead atoms. The number of thiophene rings is 1. The van der Waals surface area contributed by atoms with Gasteiger partial charge in [0, 0.05) is 12.5 Å². The first-order chi connectivity index (χ1) is 6.79. The molecule has 1 atom stereocenters. The number of carbonyl (C=O) groups excluding carboxylic acids is 1. The largest absolute Gasteiger partial charge is 0.381 e. The van der Waals surface area contributed by atoms with Crippen LogP contribution in [0.2, 0.25) is 5.02 Å². The first kappa shape index (κ1) is 10.1. The molecule has 14 heavy (non-hydrogen) atoms. The van der Waals surface area contributed by atoms with Gasteiger partial charge in [-0.2, -0.15) is 0 Å². The van der Waals surface area contributed by atoms with Crippen molar-refractivity contribution in [3.05, 3.63) is 21.3 Å². The van der Waals surface area contributed by atoms with Crippen molar-refractivity contribution in [3.8, 4) is 0 Å². The van der Waals surface area contributed by atoms with Crippen LogP contribution in [0.25, 0.3) is 0 Å². The van der Waals surface area contributed by atoms with E-state index in [0.29, 0.717) is 16.5 Å². The maximum atomic E-state index is 11.9. The standard InChI is InChI=1S/C10H11ClO2S/c11-8-3-5-14-10(8)9(12)7-2-1-4-13-6-7/h3,5,7H,1-2,4,6H2. The van der Waals surface area contributed by atoms with Crippen molar-refractivity contribution in [1.82, 2.24) is 0 Å². The molecule has 0 aliphatic carbocycles. The summed E-state index contributed by atoms with van der Waals surface area (Å²) in [6, 6.07) is 1.77. The second kappa shape index (κ2) is 4.43. The fraction of sp³-hybridized carbons (Fsp3) is 0.500. The summed E-state index contributed by atoms with van der Waals surface area (Å²) in [7, 11) is 0. The second-order valence-electron chi connectivity index (χ2n) is 3.38. The van der Waals surface area contributed by atoms with Gasteiger partial charge in [-0.3, -0.25) is 4.79 Å². The number of halogens is 1. The SMILES string of the molecule is O=C(c1sccc1Cl)C1CCCOC1. The van der Waals surface area contributed by atoms with Crippen molar-refractivity contribution in [2.45, 2.75) is 12.8 Å². The van der Waals surface area contributed by atoms with Gasteiger partial charge >= 0.3 is 0 Å². The summed E-state index contributed by atoms with van der Waals surface area (Å²) in [5.41, 5.74) is 0. The van der Waals surface area contributed by atoms with Crippen molar-refractivity contribution >= 4 is 28.7 Å². The number of ether oxygens (including phenoxy) is 1. The van der Waals surface area contributed by atoms with Crippen LogP contribution < -0.4 is 0 Å². The lowest BCUT2D eigenvalue weighted by Gasteiger charge is -2.20. The van der Waals surface area contributed by atoms with Gasteiger partial charge in [0.25, 0.3) is 0 Å². The Hall–Kier alpha value is -0.380. The molecule has 0 N–H and O–H groups in total. The fourth-order valence-corrected chi connectivity index (χ4v) is 2.77. The molecule has 1 aromatic rings. The summed E-state index contributed by atoms with van der Waals surface area (Å²) in [4.78, 5) is 12.6. The molecule has 1 saturated heterocycles. The highest BCUT2D eigenvalue weighted by molar-refractivity contribution is 7.12. The summed E-state index contributed by atoms with van der Waals surface area (Å²) < 4.78 is 5.28. The lowest BCUT2D eigenvalue weighted by Crippen LogP contribution is -2.24. The molecular formula is C10H11ClO2S. The van der Waals surface area contributed by atoms with Crippen molar-refractivity contribution in [3.63, 3.8) is 0 Å². The van der Waals surface area contributed by atoms with E-state index in [1.165, 1.54) is 11.3 Å². The molecule has 0 saturated carbocycles. The van der Waals surface area contributed by atoms with Crippen molar-refractivity contribution < 1.29 is 9.53 Å². The Morgan fingerprint density at radius 1 is 1.64 bits per heavy atom. The molecule has 1 unspecified atom stereocenters. The quantitative estimate of drug-likeness (QED) is 0.731. The molecule has 0 aromatic carbocycles. The summed E-state index contributed by atoms with van der Waals surface area (Å²) in [5, 5.41) is 2.42. The van der Waals surface area contributed by atoms with Gasteiger partial charge in [0.1, 0.15) is 0 Å². The van der Waals surface area contributed by atoms with Crippen LogP contribution >= 0.6 is 22.9 Å². The van der Waals surface area contributed by atoms with Gasteiger partial charge in [-0.1, -0.05) is 11.6 Å². The third kappa shape index (κ3) is 2.00. The highest BCUT2D eigenvalue weighted by Crippen LogP contribution is 2.27. The Morgan fingerprint density at radius 3 is 3.07 bits per heavy atom. The lowest BCUT2D eigenvalue weighted by molar-refractivity contribution is 0.0464. The van der Waals surface area contributed by atoms with Crippen LogP contribution in [0.3, 0.4) is 0 Å². The predicted octanol–water partition coefficient (Wildman–Crippen LogP) is 3.01. The maximum Gasteiger partial charge on any atom is 0.179 e. The van der Waals surface area contributed by atoms with E-state index < -0.39 is 0 Å². The smallest absolute Gasteiger partial charge is 0.179 e. The van der Waals surface area contributed by atoms with Gasteiger partial charge in [0.15, 0.2) is 5.78 Å². The first-order valence-corrected chi connectivity index (χ1v) is 5.90. The molecular weight excluding hydrogens is 220 g/mol. The minimum atomic E-state index is 0.0138. The highest BCUT2D eigenvalue weighted by Gasteiger charge is 2.25. The third-order valence-electron chi connectivity index (χ3n) is 2.37. The van der Waals surface area contributed by atoms with Gasteiger partial charge in [-0.15, -0.1) is 11.3 Å². The molecule has 1 aliphatic rings. The Labute approximate surface area is 91.8 Å². The van der Waals surface area contributed by atoms with Crippen LogP contribution in [0.1, 0.15) is 22.5 Å². The Kier molecular flexibility index (Phi) is 3.21. The van der Waals surface area contributed by atoms with Gasteiger partial charge in [0.05, 0.1) is 16.5 Å². The van der Waals surface area contributed by atoms with Gasteiger partial charge < -0.3 is 4.74 Å². The van der Waals surface area contributed by atoms with Crippen LogP contribution in [0.15, 0.2) is 11.4 Å². The molecule has 1 aliphatic heterocycles. The van der Waals surface area contributed by atoms with Crippen LogP contribution in [0.4, 0.5) is 0 Å². The number of ketones is 1. The summed E-state index contributed by atoms with van der Waals surface area (Å²) in [6.07, 6.45) is 1.90. The van der Waals surface area contributed by atoms with Crippen LogP contribution in [-0.4, -0.2) is 19.0 Å². The van der Waals surface area contributed by atoms with E-state index in [1.54, 1.807) is 6.07 Å². The lowest BCUT2D eigenvalue weighted by atomic mass is 9.96. The first-order valence-electron chi connectivity index (χ1n) is 4.64. The molecule has 0 spiro atoms. The fourth-order valence-electron chi connectivity index (χ4n) is 1.60. The normalized spacial score (nSPS) is 22.2. The molecule has 2 rings (SSSR count). The Morgan fingerprint density at radius 2 is 2.50 bits per heavy atom. The molecule has 2 nitrogen and oxygen atoms in total. The van der Waals surface area contributed by atoms with Crippen LogP contribution in [-0.2, 0) is 4.74 Å². The Bertz CT molecular complexity index is 329. The number of hydrogen-bond acceptors (Lipinski definition) is 3. The second-order valence-corrected chi connectivity index (χ2v) is 4.70. The zero-order valence-corrected chi connectivity index (χ0v) is 9.24. The summed E-state index contributed by atoms with van der Waals surface area (Å²) in [5.74, 6) is 0.157. The topological polar surface area (TPSA) is 26.3 Å². The van der Waals surface area contributed by atoms with Crippen molar-refractivity contribution in [2.75, 3.05) is 13.2 Å². The summed E-state index contributed by atoms with van der Waals surface area (Å²) in [6.45, 7) is 1.33. The van der Waals surface area contributed by atoms with Crippen molar-refractivity contribution in [1.29, 1.82) is 0 Å². The van der Waals surface area contributed by atoms with Crippen molar-refractivity contribution in [2.24, 2.45) is 5.92 Å². The number of hydrogen-bond donors (Lipinski definition) is 0. The minimum Gasteiger partial charge on any atom is -0.381 e. The van der Waals surface area contributed by atoms with E-state index in [0.717, 1.165) is 19.4 Å². The maximum absolute atomic E-state index is 11.9. The van der Waals surface area contributed by atoms with E-state index in [-0.39, 0.29) is 11.7 Å². The van der Waals surface area contributed by atoms with E-state index in [9.17, 15) is 4.79 Å². The number of rotatable bonds is 2. The van der Waals surface area contributed by atoms with Crippen LogP contribution in [0, 0.1) is 5.92 Å². The molecule has 76 valence electrons. The number of Topliss-reactive ketones (excluding diaryl/α,β-unsaturated/α-hetero) is 1. The minimum absolute atomic E-state index is 0.0138. The Balaban J connectivity index is 2.11. The van der Waals surface area contributed by atoms with Gasteiger partial charge in [-0.05, 0) is 24.3 Å². The molecule has 0 radical (unpaired) electrons. The van der Waals surface area contributed by atoms with Gasteiger partial charge in [-0.25, -0.2) is 0 Å². The monoisotopic (exact) mass is 230 g/mol. The third-order valence-corrected chi connectivity index (χ3v) is 3.73. The zero-order valence-electron chi connectivity index (χ0n) is 7.66. The molecule has 4 heteroatoms. The van der Waals surface area contributed by atoms with E-state index in [1.807, 2.05) is 5.38 Å². The average molecular weight is 231 g/mol.